The number of carbonyl (C=O) groups is 2. The van der Waals surface area contributed by atoms with Crippen molar-refractivity contribution in [1.29, 1.82) is 0 Å². The molecule has 0 spiro atoms. The summed E-state index contributed by atoms with van der Waals surface area (Å²) in [5, 5.41) is 6.72. The van der Waals surface area contributed by atoms with Crippen LogP contribution in [0.4, 0.5) is 10.5 Å². The van der Waals surface area contributed by atoms with Crippen LogP contribution in [0.3, 0.4) is 0 Å². The van der Waals surface area contributed by atoms with E-state index in [0.717, 1.165) is 0 Å². The second-order valence-electron chi connectivity index (χ2n) is 5.99. The van der Waals surface area contributed by atoms with E-state index in [0.29, 0.717) is 22.5 Å². The fourth-order valence-electron chi connectivity index (χ4n) is 2.05. The summed E-state index contributed by atoms with van der Waals surface area (Å²) in [7, 11) is 1.47. The minimum atomic E-state index is -0.631. The molecule has 0 bridgehead atoms. The van der Waals surface area contributed by atoms with Crippen LogP contribution in [0.25, 0.3) is 5.52 Å². The van der Waals surface area contributed by atoms with Crippen molar-refractivity contribution in [2.75, 3.05) is 19.0 Å². The molecule has 1 N–H and O–H groups in total. The monoisotopic (exact) mass is 335 g/mol. The molecule has 2 aromatic heterocycles. The van der Waals surface area contributed by atoms with Crippen molar-refractivity contribution in [3.8, 4) is 5.75 Å². The zero-order valence-corrected chi connectivity index (χ0v) is 14.4. The molecule has 8 nitrogen and oxygen atoms in total. The maximum atomic E-state index is 12.0. The molecule has 0 saturated carbocycles. The van der Waals surface area contributed by atoms with E-state index >= 15 is 0 Å². The Morgan fingerprint density at radius 1 is 1.33 bits per heavy atom. The van der Waals surface area contributed by atoms with Crippen LogP contribution in [0.1, 0.15) is 38.1 Å². The van der Waals surface area contributed by atoms with Crippen molar-refractivity contribution >= 4 is 23.3 Å². The van der Waals surface area contributed by atoms with Crippen molar-refractivity contribution in [2.24, 2.45) is 0 Å². The normalized spacial score (nSPS) is 11.2. The van der Waals surface area contributed by atoms with Crippen molar-refractivity contribution in [1.82, 2.24) is 9.61 Å². The number of nitrogens with one attached hydrogen (secondary N) is 1. The minimum absolute atomic E-state index is 0.259. The first-order valence-electron chi connectivity index (χ1n) is 7.47. The van der Waals surface area contributed by atoms with Crippen LogP contribution in [0.15, 0.2) is 18.5 Å². The van der Waals surface area contributed by atoms with Gasteiger partial charge in [0.05, 0.1) is 37.3 Å². The highest BCUT2D eigenvalue weighted by Gasteiger charge is 2.20. The lowest BCUT2D eigenvalue weighted by molar-refractivity contribution is 0.0527. The third-order valence-corrected chi connectivity index (χ3v) is 2.97. The molecule has 0 radical (unpaired) electrons. The molecule has 0 aliphatic rings. The topological polar surface area (TPSA) is 91.2 Å². The second-order valence-corrected chi connectivity index (χ2v) is 5.99. The molecule has 0 aliphatic carbocycles. The van der Waals surface area contributed by atoms with Gasteiger partial charge in [-0.1, -0.05) is 0 Å². The highest BCUT2D eigenvalue weighted by Crippen LogP contribution is 2.28. The van der Waals surface area contributed by atoms with E-state index in [9.17, 15) is 9.59 Å². The van der Waals surface area contributed by atoms with E-state index in [1.165, 1.54) is 17.8 Å². The van der Waals surface area contributed by atoms with E-state index in [4.69, 9.17) is 14.2 Å². The summed E-state index contributed by atoms with van der Waals surface area (Å²) in [5.41, 5.74) is 0.519. The van der Waals surface area contributed by atoms with Crippen LogP contribution >= 0.6 is 0 Å². The highest BCUT2D eigenvalue weighted by molar-refractivity contribution is 5.98. The van der Waals surface area contributed by atoms with Gasteiger partial charge in [-0.05, 0) is 33.8 Å². The Morgan fingerprint density at radius 3 is 2.62 bits per heavy atom. The van der Waals surface area contributed by atoms with Gasteiger partial charge in [0.25, 0.3) is 0 Å². The summed E-state index contributed by atoms with van der Waals surface area (Å²) in [6.07, 6.45) is 2.34. The summed E-state index contributed by atoms with van der Waals surface area (Å²) in [6.45, 7) is 7.28. The molecule has 0 saturated heterocycles. The largest absolute Gasteiger partial charge is 0.493 e. The molecule has 24 heavy (non-hydrogen) atoms. The number of fused-ring (bicyclic) bond motifs is 1. The van der Waals surface area contributed by atoms with Crippen molar-refractivity contribution < 1.29 is 23.8 Å². The molecule has 8 heteroatoms. The molecule has 0 aliphatic heterocycles. The van der Waals surface area contributed by atoms with Crippen molar-refractivity contribution in [3.05, 3.63) is 24.0 Å². The zero-order chi connectivity index (χ0) is 17.9. The zero-order valence-electron chi connectivity index (χ0n) is 14.4. The molecule has 0 fully saturated rings. The second kappa shape index (κ2) is 6.77. The van der Waals surface area contributed by atoms with Crippen molar-refractivity contribution in [3.63, 3.8) is 0 Å². The summed E-state index contributed by atoms with van der Waals surface area (Å²) in [6, 6.07) is 1.59. The summed E-state index contributed by atoms with van der Waals surface area (Å²) in [4.78, 5) is 24.0. The van der Waals surface area contributed by atoms with E-state index in [1.54, 1.807) is 40.0 Å². The van der Waals surface area contributed by atoms with E-state index in [-0.39, 0.29) is 6.61 Å². The summed E-state index contributed by atoms with van der Waals surface area (Å²) < 4.78 is 17.0. The number of pyridine rings is 1. The number of aromatic nitrogens is 2. The Bertz CT molecular complexity index is 761. The van der Waals surface area contributed by atoms with Crippen LogP contribution in [0, 0.1) is 0 Å². The average molecular weight is 335 g/mol. The third-order valence-electron chi connectivity index (χ3n) is 2.97. The van der Waals surface area contributed by atoms with Gasteiger partial charge in [0.2, 0.25) is 0 Å². The van der Waals surface area contributed by atoms with Gasteiger partial charge in [-0.2, -0.15) is 5.10 Å². The van der Waals surface area contributed by atoms with Gasteiger partial charge in [-0.25, -0.2) is 14.1 Å². The van der Waals surface area contributed by atoms with Crippen LogP contribution in [-0.4, -0.2) is 41.0 Å². The molecule has 2 heterocycles. The predicted molar refractivity (Wildman–Crippen MR) is 87.6 cm³/mol. The Hall–Kier alpha value is -2.77. The number of methoxy groups -OCH3 is 1. The molecule has 2 aromatic rings. The van der Waals surface area contributed by atoms with E-state index in [1.807, 2.05) is 0 Å². The molecule has 0 aromatic carbocycles. The number of hydrogen-bond acceptors (Lipinski definition) is 6. The van der Waals surface area contributed by atoms with Gasteiger partial charge in [0.1, 0.15) is 11.2 Å². The van der Waals surface area contributed by atoms with Gasteiger partial charge < -0.3 is 14.2 Å². The van der Waals surface area contributed by atoms with Gasteiger partial charge in [0, 0.05) is 0 Å². The number of esters is 1. The molecule has 130 valence electrons. The first kappa shape index (κ1) is 17.6. The SMILES string of the molecule is CCOC(=O)c1cnn2cc(OC)c(NC(=O)OC(C)(C)C)cc12. The molecule has 0 unspecified atom stereocenters. The number of nitrogens with zero attached hydrogens (tertiary/aromatic N) is 2. The van der Waals surface area contributed by atoms with Gasteiger partial charge in [-0.15, -0.1) is 0 Å². The van der Waals surface area contributed by atoms with Gasteiger partial charge in [-0.3, -0.25) is 5.32 Å². The number of anilines is 1. The van der Waals surface area contributed by atoms with Crippen LogP contribution in [-0.2, 0) is 9.47 Å². The van der Waals surface area contributed by atoms with Crippen molar-refractivity contribution in [2.45, 2.75) is 33.3 Å². The Morgan fingerprint density at radius 2 is 2.04 bits per heavy atom. The predicted octanol–water partition coefficient (Wildman–Crippen LogP) is 2.87. The smallest absolute Gasteiger partial charge is 0.412 e. The molecule has 1 amide bonds. The van der Waals surface area contributed by atoms with Crippen LogP contribution in [0.5, 0.6) is 5.75 Å². The summed E-state index contributed by atoms with van der Waals surface area (Å²) >= 11 is 0. The number of rotatable bonds is 4. The average Bonchev–Trinajstić information content (AvgIpc) is 2.87. The lowest BCUT2D eigenvalue weighted by Gasteiger charge is -2.20. The van der Waals surface area contributed by atoms with Gasteiger partial charge >= 0.3 is 12.1 Å². The third kappa shape index (κ3) is 3.95. The Balaban J connectivity index is 2.39. The lowest BCUT2D eigenvalue weighted by atomic mass is 10.2. The summed E-state index contributed by atoms with van der Waals surface area (Å²) in [5.74, 6) is -0.104. The Labute approximate surface area is 139 Å². The molecule has 2 rings (SSSR count). The number of hydrogen-bond donors (Lipinski definition) is 1. The number of amides is 1. The minimum Gasteiger partial charge on any atom is -0.493 e. The molecular formula is C16H21N3O5. The number of ether oxygens (including phenoxy) is 3. The van der Waals surface area contributed by atoms with Crippen LogP contribution in [0.2, 0.25) is 0 Å². The van der Waals surface area contributed by atoms with Crippen LogP contribution < -0.4 is 10.1 Å². The quantitative estimate of drug-likeness (QED) is 0.864. The van der Waals surface area contributed by atoms with E-state index < -0.39 is 17.7 Å². The number of carbonyl (C=O) groups excluding carboxylic acids is 2. The Kier molecular flexibility index (Phi) is 4.96. The standard InChI is InChI=1S/C16H21N3O5/c1-6-23-14(20)10-8-17-19-9-13(22-5)11(7-12(10)19)18-15(21)24-16(2,3)4/h7-9H,6H2,1-5H3,(H,18,21). The van der Waals surface area contributed by atoms with Gasteiger partial charge in [0.15, 0.2) is 5.75 Å². The first-order chi connectivity index (χ1) is 11.2. The fourth-order valence-corrected chi connectivity index (χ4v) is 2.05. The molecule has 0 atom stereocenters. The maximum absolute atomic E-state index is 12.0. The first-order valence-corrected chi connectivity index (χ1v) is 7.47. The maximum Gasteiger partial charge on any atom is 0.412 e. The molecular weight excluding hydrogens is 314 g/mol. The highest BCUT2D eigenvalue weighted by atomic mass is 16.6. The fraction of sp³-hybridized carbons (Fsp3) is 0.438. The van der Waals surface area contributed by atoms with E-state index in [2.05, 4.69) is 10.4 Å². The lowest BCUT2D eigenvalue weighted by Crippen LogP contribution is -2.27.